The Hall–Kier alpha value is -2.05. The zero-order valence-corrected chi connectivity index (χ0v) is 14.0. The molecule has 25 heavy (non-hydrogen) atoms. The van der Waals surface area contributed by atoms with Gasteiger partial charge in [0.2, 0.25) is 5.91 Å². The van der Waals surface area contributed by atoms with Crippen molar-refractivity contribution in [3.05, 3.63) is 35.4 Å². The van der Waals surface area contributed by atoms with E-state index in [1.807, 2.05) is 0 Å². The molecule has 2 N–H and O–H groups in total. The van der Waals surface area contributed by atoms with Crippen LogP contribution in [0.4, 0.5) is 13.2 Å². The molecule has 1 aromatic carbocycles. The standard InChI is InChI=1S/C18H23F3N2O2/c19-18(20,21)15-8-6-14(7-9-15)17(25)23-11-10-22-16(24)12-13-4-2-1-3-5-13/h6-9,13H,1-5,10-12H2,(H,22,24)(H,23,25). The van der Waals surface area contributed by atoms with Crippen molar-refractivity contribution in [2.75, 3.05) is 13.1 Å². The van der Waals surface area contributed by atoms with E-state index >= 15 is 0 Å². The Labute approximate surface area is 145 Å². The summed E-state index contributed by atoms with van der Waals surface area (Å²) in [5.74, 6) is -0.0265. The molecule has 0 bridgehead atoms. The van der Waals surface area contributed by atoms with E-state index in [-0.39, 0.29) is 18.0 Å². The summed E-state index contributed by atoms with van der Waals surface area (Å²) in [5, 5.41) is 5.34. The number of nitrogens with one attached hydrogen (secondary N) is 2. The largest absolute Gasteiger partial charge is 0.416 e. The molecule has 0 radical (unpaired) electrons. The highest BCUT2D eigenvalue weighted by molar-refractivity contribution is 5.94. The Balaban J connectivity index is 1.67. The Morgan fingerprint density at radius 1 is 0.960 bits per heavy atom. The normalized spacial score (nSPS) is 15.6. The minimum atomic E-state index is -4.42. The maximum absolute atomic E-state index is 12.5. The zero-order valence-electron chi connectivity index (χ0n) is 14.0. The number of benzene rings is 1. The third kappa shape index (κ3) is 6.40. The van der Waals surface area contributed by atoms with Gasteiger partial charge in [0.25, 0.3) is 5.91 Å². The number of halogens is 3. The average Bonchev–Trinajstić information content (AvgIpc) is 2.59. The molecule has 4 nitrogen and oxygen atoms in total. The number of amides is 2. The van der Waals surface area contributed by atoms with Crippen LogP contribution >= 0.6 is 0 Å². The predicted molar refractivity (Wildman–Crippen MR) is 88.0 cm³/mol. The molecule has 1 aromatic rings. The van der Waals surface area contributed by atoms with Gasteiger partial charge in [-0.25, -0.2) is 0 Å². The highest BCUT2D eigenvalue weighted by Gasteiger charge is 2.30. The minimum Gasteiger partial charge on any atom is -0.354 e. The number of hydrogen-bond acceptors (Lipinski definition) is 2. The molecule has 0 spiro atoms. The van der Waals surface area contributed by atoms with Crippen LogP contribution in [0.1, 0.15) is 54.4 Å². The number of rotatable bonds is 6. The first kappa shape index (κ1) is 19.3. The zero-order chi connectivity index (χ0) is 18.3. The monoisotopic (exact) mass is 356 g/mol. The summed E-state index contributed by atoms with van der Waals surface area (Å²) in [6, 6.07) is 4.03. The van der Waals surface area contributed by atoms with Crippen LogP contribution in [0.2, 0.25) is 0 Å². The fourth-order valence-electron chi connectivity index (χ4n) is 3.02. The van der Waals surface area contributed by atoms with Gasteiger partial charge in [-0.3, -0.25) is 9.59 Å². The van der Waals surface area contributed by atoms with E-state index in [4.69, 9.17) is 0 Å². The van der Waals surface area contributed by atoms with Gasteiger partial charge in [-0.1, -0.05) is 19.3 Å². The Kier molecular flexibility index (Phi) is 6.84. The number of carbonyl (C=O) groups is 2. The van der Waals surface area contributed by atoms with Crippen LogP contribution in [0.3, 0.4) is 0 Å². The molecular weight excluding hydrogens is 333 g/mol. The molecule has 0 aliphatic heterocycles. The molecule has 0 heterocycles. The van der Waals surface area contributed by atoms with Crippen molar-refractivity contribution in [1.82, 2.24) is 10.6 Å². The van der Waals surface area contributed by atoms with E-state index in [1.54, 1.807) is 0 Å². The molecular formula is C18H23F3N2O2. The Morgan fingerprint density at radius 2 is 1.56 bits per heavy atom. The summed E-state index contributed by atoms with van der Waals surface area (Å²) in [7, 11) is 0. The molecule has 0 unspecified atom stereocenters. The van der Waals surface area contributed by atoms with E-state index in [9.17, 15) is 22.8 Å². The first-order chi connectivity index (χ1) is 11.9. The molecule has 1 aliphatic rings. The van der Waals surface area contributed by atoms with Crippen molar-refractivity contribution in [1.29, 1.82) is 0 Å². The van der Waals surface area contributed by atoms with E-state index in [0.29, 0.717) is 18.9 Å². The van der Waals surface area contributed by atoms with E-state index < -0.39 is 17.6 Å². The minimum absolute atomic E-state index is 0.0179. The predicted octanol–water partition coefficient (Wildman–Crippen LogP) is 3.52. The first-order valence-electron chi connectivity index (χ1n) is 8.58. The molecule has 7 heteroatoms. The summed E-state index contributed by atoms with van der Waals surface area (Å²) in [6.07, 6.45) is 1.90. The number of alkyl halides is 3. The van der Waals surface area contributed by atoms with Gasteiger partial charge in [0.15, 0.2) is 0 Å². The maximum atomic E-state index is 12.5. The van der Waals surface area contributed by atoms with Crippen molar-refractivity contribution < 1.29 is 22.8 Å². The average molecular weight is 356 g/mol. The number of hydrogen-bond donors (Lipinski definition) is 2. The highest BCUT2D eigenvalue weighted by atomic mass is 19.4. The second kappa shape index (κ2) is 8.87. The molecule has 1 aliphatic carbocycles. The van der Waals surface area contributed by atoms with Gasteiger partial charge in [-0.15, -0.1) is 0 Å². The molecule has 0 atom stereocenters. The van der Waals surface area contributed by atoms with Crippen molar-refractivity contribution in [3.8, 4) is 0 Å². The van der Waals surface area contributed by atoms with Gasteiger partial charge in [-0.2, -0.15) is 13.2 Å². The summed E-state index contributed by atoms with van der Waals surface area (Å²) in [6.45, 7) is 0.536. The van der Waals surface area contributed by atoms with Gasteiger partial charge in [0.1, 0.15) is 0 Å². The summed E-state index contributed by atoms with van der Waals surface area (Å²) >= 11 is 0. The molecule has 1 saturated carbocycles. The molecule has 2 amide bonds. The fourth-order valence-corrected chi connectivity index (χ4v) is 3.02. The quantitative estimate of drug-likeness (QED) is 0.766. The van der Waals surface area contributed by atoms with Crippen molar-refractivity contribution in [2.45, 2.75) is 44.7 Å². The Morgan fingerprint density at radius 3 is 2.16 bits per heavy atom. The Bertz CT molecular complexity index is 579. The first-order valence-corrected chi connectivity index (χ1v) is 8.58. The summed E-state index contributed by atoms with van der Waals surface area (Å²) < 4.78 is 37.4. The molecule has 1 fully saturated rings. The summed E-state index contributed by atoms with van der Waals surface area (Å²) in [4.78, 5) is 23.7. The lowest BCUT2D eigenvalue weighted by molar-refractivity contribution is -0.137. The van der Waals surface area contributed by atoms with Crippen LogP contribution in [-0.2, 0) is 11.0 Å². The van der Waals surface area contributed by atoms with Crippen LogP contribution in [-0.4, -0.2) is 24.9 Å². The van der Waals surface area contributed by atoms with Gasteiger partial charge in [0, 0.05) is 25.1 Å². The molecule has 0 aromatic heterocycles. The van der Waals surface area contributed by atoms with Crippen LogP contribution in [0.15, 0.2) is 24.3 Å². The number of carbonyl (C=O) groups excluding carboxylic acids is 2. The highest BCUT2D eigenvalue weighted by Crippen LogP contribution is 2.29. The second-order valence-electron chi connectivity index (χ2n) is 6.39. The van der Waals surface area contributed by atoms with Crippen molar-refractivity contribution >= 4 is 11.8 Å². The van der Waals surface area contributed by atoms with Gasteiger partial charge in [0.05, 0.1) is 5.56 Å². The van der Waals surface area contributed by atoms with E-state index in [2.05, 4.69) is 10.6 Å². The van der Waals surface area contributed by atoms with Gasteiger partial charge in [-0.05, 0) is 43.0 Å². The smallest absolute Gasteiger partial charge is 0.354 e. The van der Waals surface area contributed by atoms with E-state index in [0.717, 1.165) is 37.1 Å². The molecule has 138 valence electrons. The maximum Gasteiger partial charge on any atom is 0.416 e. The molecule has 2 rings (SSSR count). The summed E-state index contributed by atoms with van der Waals surface area (Å²) in [5.41, 5.74) is -0.638. The van der Waals surface area contributed by atoms with Crippen LogP contribution in [0, 0.1) is 5.92 Å². The van der Waals surface area contributed by atoms with Crippen LogP contribution in [0.5, 0.6) is 0 Å². The van der Waals surface area contributed by atoms with Crippen molar-refractivity contribution in [2.24, 2.45) is 5.92 Å². The van der Waals surface area contributed by atoms with Gasteiger partial charge >= 0.3 is 6.18 Å². The third-order valence-electron chi connectivity index (χ3n) is 4.41. The lowest BCUT2D eigenvalue weighted by Crippen LogP contribution is -2.35. The fraction of sp³-hybridized carbons (Fsp3) is 0.556. The topological polar surface area (TPSA) is 58.2 Å². The van der Waals surface area contributed by atoms with Crippen LogP contribution < -0.4 is 10.6 Å². The van der Waals surface area contributed by atoms with Crippen molar-refractivity contribution in [3.63, 3.8) is 0 Å². The molecule has 0 saturated heterocycles. The van der Waals surface area contributed by atoms with E-state index in [1.165, 1.54) is 19.3 Å². The van der Waals surface area contributed by atoms with Crippen LogP contribution in [0.25, 0.3) is 0 Å². The second-order valence-corrected chi connectivity index (χ2v) is 6.39. The lowest BCUT2D eigenvalue weighted by Gasteiger charge is -2.20. The third-order valence-corrected chi connectivity index (χ3v) is 4.41. The SMILES string of the molecule is O=C(CC1CCCCC1)NCCNC(=O)c1ccc(C(F)(F)F)cc1. The lowest BCUT2D eigenvalue weighted by atomic mass is 9.87. The van der Waals surface area contributed by atoms with Gasteiger partial charge < -0.3 is 10.6 Å².